The number of carbonyl (C=O) groups excluding carboxylic acids is 1. The van der Waals surface area contributed by atoms with E-state index in [2.05, 4.69) is 4.72 Å². The van der Waals surface area contributed by atoms with Crippen molar-refractivity contribution in [2.45, 2.75) is 44.0 Å². The number of rotatable bonds is 8. The van der Waals surface area contributed by atoms with Crippen LogP contribution in [0.15, 0.2) is 47.4 Å². The highest BCUT2D eigenvalue weighted by Gasteiger charge is 2.30. The first-order chi connectivity index (χ1) is 13.8. The number of sulfonamides is 1. The molecule has 0 saturated carbocycles. The molecular formula is C21H25ClN2O4S. The van der Waals surface area contributed by atoms with Crippen LogP contribution in [-0.2, 0) is 21.2 Å². The molecule has 0 aliphatic carbocycles. The number of fused-ring (bicyclic) bond motifs is 1. The van der Waals surface area contributed by atoms with E-state index < -0.39 is 10.0 Å². The Morgan fingerprint density at radius 1 is 1.28 bits per heavy atom. The zero-order chi connectivity index (χ0) is 21.0. The number of unbranched alkanes of at least 4 members (excludes halogenated alkanes) is 1. The lowest BCUT2D eigenvalue weighted by Gasteiger charge is -2.23. The first-order valence-corrected chi connectivity index (χ1v) is 11.5. The lowest BCUT2D eigenvalue weighted by Crippen LogP contribution is -2.39. The molecule has 0 fully saturated rings. The molecule has 0 radical (unpaired) electrons. The van der Waals surface area contributed by atoms with Crippen LogP contribution in [0.5, 0.6) is 5.75 Å². The summed E-state index contributed by atoms with van der Waals surface area (Å²) in [6.07, 6.45) is 2.46. The van der Waals surface area contributed by atoms with Gasteiger partial charge in [0.15, 0.2) is 6.61 Å². The van der Waals surface area contributed by atoms with Crippen molar-refractivity contribution < 1.29 is 17.9 Å². The molecule has 2 aromatic rings. The summed E-state index contributed by atoms with van der Waals surface area (Å²) in [6.45, 7) is 4.17. The van der Waals surface area contributed by atoms with E-state index in [1.165, 1.54) is 18.2 Å². The SMILES string of the molecule is CCCCNS(=O)(=O)c1ccc(OCC(=O)N2c3ccccc3C[C@@H]2C)c(Cl)c1. The predicted molar refractivity (Wildman–Crippen MR) is 114 cm³/mol. The fourth-order valence-corrected chi connectivity index (χ4v) is 4.79. The van der Waals surface area contributed by atoms with Gasteiger partial charge in [0.2, 0.25) is 10.0 Å². The lowest BCUT2D eigenvalue weighted by atomic mass is 10.1. The summed E-state index contributed by atoms with van der Waals surface area (Å²) < 4.78 is 32.7. The van der Waals surface area contributed by atoms with Crippen molar-refractivity contribution in [3.8, 4) is 5.75 Å². The van der Waals surface area contributed by atoms with Gasteiger partial charge in [-0.15, -0.1) is 0 Å². The number of ether oxygens (including phenoxy) is 1. The molecule has 29 heavy (non-hydrogen) atoms. The van der Waals surface area contributed by atoms with Gasteiger partial charge in [0, 0.05) is 18.3 Å². The zero-order valence-electron chi connectivity index (χ0n) is 16.5. The maximum absolute atomic E-state index is 12.7. The number of halogens is 1. The van der Waals surface area contributed by atoms with Gasteiger partial charge in [-0.25, -0.2) is 13.1 Å². The normalized spacial score (nSPS) is 16.0. The van der Waals surface area contributed by atoms with Gasteiger partial charge in [0.25, 0.3) is 5.91 Å². The maximum atomic E-state index is 12.7. The second-order valence-electron chi connectivity index (χ2n) is 7.08. The molecule has 1 aliphatic rings. The van der Waals surface area contributed by atoms with Crippen molar-refractivity contribution in [1.29, 1.82) is 0 Å². The van der Waals surface area contributed by atoms with Crippen LogP contribution < -0.4 is 14.4 Å². The average Bonchev–Trinajstić information content (AvgIpc) is 3.02. The molecule has 0 saturated heterocycles. The number of anilines is 1. The Morgan fingerprint density at radius 2 is 2.03 bits per heavy atom. The molecule has 8 heteroatoms. The van der Waals surface area contributed by atoms with Crippen molar-refractivity contribution in [1.82, 2.24) is 4.72 Å². The fraction of sp³-hybridized carbons (Fsp3) is 0.381. The lowest BCUT2D eigenvalue weighted by molar-refractivity contribution is -0.120. The number of hydrogen-bond donors (Lipinski definition) is 1. The Morgan fingerprint density at radius 3 is 2.76 bits per heavy atom. The number of hydrogen-bond acceptors (Lipinski definition) is 4. The third-order valence-corrected chi connectivity index (χ3v) is 6.62. The molecule has 6 nitrogen and oxygen atoms in total. The summed E-state index contributed by atoms with van der Waals surface area (Å²) in [5, 5.41) is 0.144. The maximum Gasteiger partial charge on any atom is 0.265 e. The molecule has 1 atom stereocenters. The van der Waals surface area contributed by atoms with E-state index in [1.54, 1.807) is 4.90 Å². The molecular weight excluding hydrogens is 412 g/mol. The first-order valence-electron chi connectivity index (χ1n) is 9.65. The van der Waals surface area contributed by atoms with Crippen molar-refractivity contribution in [3.05, 3.63) is 53.1 Å². The highest BCUT2D eigenvalue weighted by molar-refractivity contribution is 7.89. The quantitative estimate of drug-likeness (QED) is 0.639. The monoisotopic (exact) mass is 436 g/mol. The van der Waals surface area contributed by atoms with Gasteiger partial charge in [-0.1, -0.05) is 43.1 Å². The van der Waals surface area contributed by atoms with E-state index in [9.17, 15) is 13.2 Å². The number of carbonyl (C=O) groups is 1. The number of nitrogens with one attached hydrogen (secondary N) is 1. The Kier molecular flexibility index (Phi) is 6.82. The minimum atomic E-state index is -3.62. The van der Waals surface area contributed by atoms with Crippen LogP contribution in [0.3, 0.4) is 0 Å². The number of benzene rings is 2. The topological polar surface area (TPSA) is 75.7 Å². The van der Waals surface area contributed by atoms with Gasteiger partial charge >= 0.3 is 0 Å². The molecule has 0 unspecified atom stereocenters. The number of nitrogens with zero attached hydrogens (tertiary/aromatic N) is 1. The van der Waals surface area contributed by atoms with Crippen LogP contribution in [-0.4, -0.2) is 33.5 Å². The van der Waals surface area contributed by atoms with E-state index in [1.807, 2.05) is 38.1 Å². The largest absolute Gasteiger partial charge is 0.482 e. The van der Waals surface area contributed by atoms with Crippen LogP contribution in [0.1, 0.15) is 32.3 Å². The van der Waals surface area contributed by atoms with Gasteiger partial charge in [-0.05, 0) is 49.6 Å². The Balaban J connectivity index is 1.66. The zero-order valence-corrected chi connectivity index (χ0v) is 18.1. The Hall–Kier alpha value is -2.09. The van der Waals surface area contributed by atoms with E-state index in [-0.39, 0.29) is 34.2 Å². The minimum absolute atomic E-state index is 0.0562. The smallest absolute Gasteiger partial charge is 0.265 e. The second kappa shape index (κ2) is 9.15. The summed E-state index contributed by atoms with van der Waals surface area (Å²) in [7, 11) is -3.62. The van der Waals surface area contributed by atoms with Gasteiger partial charge in [-0.3, -0.25) is 4.79 Å². The molecule has 0 aromatic heterocycles. The molecule has 0 bridgehead atoms. The molecule has 1 N–H and O–H groups in total. The van der Waals surface area contributed by atoms with E-state index in [0.29, 0.717) is 6.54 Å². The molecule has 1 heterocycles. The summed E-state index contributed by atoms with van der Waals surface area (Å²) >= 11 is 6.21. The van der Waals surface area contributed by atoms with Gasteiger partial charge < -0.3 is 9.64 Å². The third-order valence-electron chi connectivity index (χ3n) is 4.86. The average molecular weight is 437 g/mol. The van der Waals surface area contributed by atoms with Crippen molar-refractivity contribution in [2.24, 2.45) is 0 Å². The van der Waals surface area contributed by atoms with Crippen molar-refractivity contribution in [2.75, 3.05) is 18.1 Å². The Bertz CT molecular complexity index is 994. The molecule has 1 amide bonds. The van der Waals surface area contributed by atoms with Crippen molar-refractivity contribution in [3.63, 3.8) is 0 Å². The summed E-state index contributed by atoms with van der Waals surface area (Å²) in [5.74, 6) is 0.101. The van der Waals surface area contributed by atoms with E-state index >= 15 is 0 Å². The molecule has 3 rings (SSSR count). The van der Waals surface area contributed by atoms with Crippen molar-refractivity contribution >= 4 is 33.2 Å². The minimum Gasteiger partial charge on any atom is -0.482 e. The molecule has 2 aromatic carbocycles. The number of para-hydroxylation sites is 1. The second-order valence-corrected chi connectivity index (χ2v) is 9.25. The molecule has 0 spiro atoms. The van der Waals surface area contributed by atoms with Gasteiger partial charge in [-0.2, -0.15) is 0 Å². The van der Waals surface area contributed by atoms with Crippen LogP contribution >= 0.6 is 11.6 Å². The van der Waals surface area contributed by atoms with Crippen LogP contribution in [0.2, 0.25) is 5.02 Å². The fourth-order valence-electron chi connectivity index (χ4n) is 3.39. The summed E-state index contributed by atoms with van der Waals surface area (Å²) in [4.78, 5) is 14.5. The standard InChI is InChI=1S/C21H25ClN2O4S/c1-3-4-11-23-29(26,27)17-9-10-20(18(22)13-17)28-14-21(25)24-15(2)12-16-7-5-6-8-19(16)24/h5-10,13,15,23H,3-4,11-12,14H2,1-2H3/t15-/m0/s1. The third kappa shape index (κ3) is 4.91. The summed E-state index contributed by atoms with van der Waals surface area (Å²) in [6, 6.07) is 12.1. The molecule has 156 valence electrons. The van der Waals surface area contributed by atoms with Gasteiger partial charge in [0.1, 0.15) is 5.75 Å². The van der Waals surface area contributed by atoms with Gasteiger partial charge in [0.05, 0.1) is 9.92 Å². The van der Waals surface area contributed by atoms with Crippen LogP contribution in [0, 0.1) is 0 Å². The first kappa shape index (κ1) is 21.6. The number of amides is 1. The highest BCUT2D eigenvalue weighted by Crippen LogP contribution is 2.32. The summed E-state index contributed by atoms with van der Waals surface area (Å²) in [5.41, 5.74) is 2.04. The van der Waals surface area contributed by atoms with E-state index in [4.69, 9.17) is 16.3 Å². The van der Waals surface area contributed by atoms with E-state index in [0.717, 1.165) is 30.5 Å². The van der Waals surface area contributed by atoms with Crippen LogP contribution in [0.4, 0.5) is 5.69 Å². The Labute approximate surface area is 176 Å². The molecule has 1 aliphatic heterocycles. The van der Waals surface area contributed by atoms with Crippen LogP contribution in [0.25, 0.3) is 0 Å². The predicted octanol–water partition coefficient (Wildman–Crippen LogP) is 3.78. The highest BCUT2D eigenvalue weighted by atomic mass is 35.5.